The minimum atomic E-state index is -0.480. The van der Waals surface area contributed by atoms with Gasteiger partial charge in [-0.15, -0.1) is 10.2 Å². The highest BCUT2D eigenvalue weighted by Gasteiger charge is 2.29. The number of hydrogen-bond acceptors (Lipinski definition) is 5. The minimum Gasteiger partial charge on any atom is -0.434 e. The van der Waals surface area contributed by atoms with E-state index in [2.05, 4.69) is 16.3 Å². The highest BCUT2D eigenvalue weighted by atomic mass is 35.5. The molecule has 6 nitrogen and oxygen atoms in total. The van der Waals surface area contributed by atoms with Gasteiger partial charge in [-0.05, 0) is 64.5 Å². The van der Waals surface area contributed by atoms with Crippen LogP contribution in [0, 0.1) is 6.92 Å². The molecular weight excluding hydrogens is 378 g/mol. The van der Waals surface area contributed by atoms with Gasteiger partial charge in [0.1, 0.15) is 5.75 Å². The van der Waals surface area contributed by atoms with Crippen LogP contribution in [0.3, 0.4) is 0 Å². The monoisotopic (exact) mass is 403 g/mol. The van der Waals surface area contributed by atoms with Crippen molar-refractivity contribution in [2.75, 3.05) is 0 Å². The Bertz CT molecular complexity index is 858. The van der Waals surface area contributed by atoms with Crippen molar-refractivity contribution in [3.63, 3.8) is 0 Å². The summed E-state index contributed by atoms with van der Waals surface area (Å²) in [5, 5.41) is 8.03. The molecule has 1 heterocycles. The second-order valence-electron chi connectivity index (χ2n) is 7.67. The molecule has 1 fully saturated rings. The van der Waals surface area contributed by atoms with Gasteiger partial charge >= 0.3 is 6.09 Å². The zero-order valence-electron chi connectivity index (χ0n) is 16.9. The fourth-order valence-corrected chi connectivity index (χ4v) is 3.41. The molecule has 1 saturated carbocycles. The normalized spacial score (nSPS) is 13.7. The Balaban J connectivity index is 1.91. The van der Waals surface area contributed by atoms with Crippen LogP contribution in [0.5, 0.6) is 17.4 Å². The van der Waals surface area contributed by atoms with E-state index in [9.17, 15) is 4.79 Å². The Hall–Kier alpha value is -2.34. The second-order valence-corrected chi connectivity index (χ2v) is 8.06. The maximum atomic E-state index is 12.7. The van der Waals surface area contributed by atoms with E-state index in [0.29, 0.717) is 5.92 Å². The van der Waals surface area contributed by atoms with E-state index in [-0.39, 0.29) is 28.9 Å². The lowest BCUT2D eigenvalue weighted by Gasteiger charge is -2.29. The quantitative estimate of drug-likeness (QED) is 0.616. The molecular formula is C21H26ClN3O3. The number of carbonyl (C=O) groups excluding carboxylic acids is 1. The van der Waals surface area contributed by atoms with E-state index in [4.69, 9.17) is 21.1 Å². The van der Waals surface area contributed by atoms with Crippen LogP contribution >= 0.6 is 11.6 Å². The predicted molar refractivity (Wildman–Crippen MR) is 108 cm³/mol. The number of halogens is 1. The number of rotatable bonds is 6. The van der Waals surface area contributed by atoms with Gasteiger partial charge in [-0.3, -0.25) is 0 Å². The fourth-order valence-electron chi connectivity index (χ4n) is 3.28. The van der Waals surface area contributed by atoms with E-state index < -0.39 is 6.09 Å². The third-order valence-electron chi connectivity index (χ3n) is 4.68. The second kappa shape index (κ2) is 8.35. The lowest BCUT2D eigenvalue weighted by molar-refractivity contribution is 0.121. The van der Waals surface area contributed by atoms with Crippen LogP contribution < -0.4 is 9.47 Å². The van der Waals surface area contributed by atoms with Crippen LogP contribution in [0.1, 0.15) is 57.6 Å². The average Bonchev–Trinajstić information content (AvgIpc) is 3.43. The van der Waals surface area contributed by atoms with Gasteiger partial charge in [0.25, 0.3) is 5.88 Å². The zero-order chi connectivity index (χ0) is 20.4. The summed E-state index contributed by atoms with van der Waals surface area (Å²) in [5.74, 6) is 1.52. The van der Waals surface area contributed by atoms with Gasteiger partial charge in [-0.1, -0.05) is 29.8 Å². The van der Waals surface area contributed by atoms with E-state index >= 15 is 0 Å². The largest absolute Gasteiger partial charge is 0.434 e. The molecule has 0 N–H and O–H groups in total. The molecule has 0 saturated heterocycles. The molecule has 1 aliphatic carbocycles. The Labute approximate surface area is 170 Å². The van der Waals surface area contributed by atoms with Crippen molar-refractivity contribution in [2.45, 2.75) is 65.5 Å². The first kappa shape index (κ1) is 20.4. The maximum Gasteiger partial charge on any atom is 0.415 e. The van der Waals surface area contributed by atoms with Crippen molar-refractivity contribution in [1.29, 1.82) is 0 Å². The van der Waals surface area contributed by atoms with Crippen LogP contribution in [0.2, 0.25) is 5.15 Å². The summed E-state index contributed by atoms with van der Waals surface area (Å²) >= 11 is 6.00. The molecule has 0 bridgehead atoms. The van der Waals surface area contributed by atoms with Crippen LogP contribution in [0.25, 0.3) is 0 Å². The number of hydrogen-bond donors (Lipinski definition) is 0. The molecule has 28 heavy (non-hydrogen) atoms. The number of para-hydroxylation sites is 1. The molecule has 1 aliphatic rings. The molecule has 0 unspecified atom stereocenters. The molecule has 0 aliphatic heterocycles. The molecule has 0 radical (unpaired) electrons. The van der Waals surface area contributed by atoms with E-state index in [1.165, 1.54) is 6.07 Å². The molecule has 1 aromatic carbocycles. The highest BCUT2D eigenvalue weighted by Crippen LogP contribution is 2.46. The summed E-state index contributed by atoms with van der Waals surface area (Å²) in [7, 11) is 0. The first-order valence-electron chi connectivity index (χ1n) is 9.58. The van der Waals surface area contributed by atoms with Crippen molar-refractivity contribution in [3.8, 4) is 17.4 Å². The van der Waals surface area contributed by atoms with Crippen LogP contribution in [0.15, 0.2) is 24.3 Å². The summed E-state index contributed by atoms with van der Waals surface area (Å²) in [6, 6.07) is 7.49. The molecule has 7 heteroatoms. The summed E-state index contributed by atoms with van der Waals surface area (Å²) < 4.78 is 11.7. The van der Waals surface area contributed by atoms with Gasteiger partial charge in [-0.2, -0.15) is 0 Å². The van der Waals surface area contributed by atoms with Crippen LogP contribution in [-0.4, -0.2) is 33.3 Å². The van der Waals surface area contributed by atoms with E-state index in [0.717, 1.165) is 29.7 Å². The van der Waals surface area contributed by atoms with Crippen LogP contribution in [0.4, 0.5) is 4.79 Å². The maximum absolute atomic E-state index is 12.7. The number of carbonyl (C=O) groups is 1. The first-order valence-corrected chi connectivity index (χ1v) is 9.96. The zero-order valence-corrected chi connectivity index (χ0v) is 17.7. The molecule has 2 aromatic rings. The number of ether oxygens (including phenoxy) is 2. The van der Waals surface area contributed by atoms with Crippen molar-refractivity contribution < 1.29 is 14.3 Å². The molecule has 1 amide bonds. The highest BCUT2D eigenvalue weighted by molar-refractivity contribution is 6.29. The lowest BCUT2D eigenvalue weighted by Crippen LogP contribution is -2.43. The molecule has 150 valence electrons. The topological polar surface area (TPSA) is 64.6 Å². The van der Waals surface area contributed by atoms with Crippen molar-refractivity contribution in [3.05, 3.63) is 40.5 Å². The number of nitrogens with zero attached hydrogens (tertiary/aromatic N) is 3. The minimum absolute atomic E-state index is 0.0139. The van der Waals surface area contributed by atoms with Crippen molar-refractivity contribution >= 4 is 17.7 Å². The summed E-state index contributed by atoms with van der Waals surface area (Å²) in [6.45, 7) is 9.73. The molecule has 3 rings (SSSR count). The van der Waals surface area contributed by atoms with Gasteiger partial charge in [-0.25, -0.2) is 4.79 Å². The third-order valence-corrected chi connectivity index (χ3v) is 4.86. The Morgan fingerprint density at radius 2 is 1.86 bits per heavy atom. The number of amides is 1. The predicted octanol–water partition coefficient (Wildman–Crippen LogP) is 5.73. The van der Waals surface area contributed by atoms with Gasteiger partial charge in [0, 0.05) is 18.2 Å². The van der Waals surface area contributed by atoms with Crippen molar-refractivity contribution in [2.24, 2.45) is 0 Å². The Morgan fingerprint density at radius 3 is 2.46 bits per heavy atom. The summed E-state index contributed by atoms with van der Waals surface area (Å²) in [5.41, 5.74) is 2.13. The van der Waals surface area contributed by atoms with Crippen LogP contribution in [-0.2, 0) is 0 Å². The van der Waals surface area contributed by atoms with Gasteiger partial charge in [0.05, 0.1) is 0 Å². The molecule has 0 spiro atoms. The standard InChI is InChI=1S/C21H26ClN3O3/c1-12(2)25(13(3)4)21(26)27-17-11-18(22)23-24-20(17)28-19-14(5)7-6-8-16(19)15-9-10-15/h6-8,11-13,15H,9-10H2,1-5H3. The first-order chi connectivity index (χ1) is 13.3. The summed E-state index contributed by atoms with van der Waals surface area (Å²) in [6.07, 6.45) is 1.81. The molecule has 1 aromatic heterocycles. The van der Waals surface area contributed by atoms with Crippen molar-refractivity contribution in [1.82, 2.24) is 15.1 Å². The van der Waals surface area contributed by atoms with Gasteiger partial charge in [0.2, 0.25) is 0 Å². The average molecular weight is 404 g/mol. The van der Waals surface area contributed by atoms with E-state index in [1.807, 2.05) is 46.8 Å². The number of aryl methyl sites for hydroxylation is 1. The Kier molecular flexibility index (Phi) is 6.08. The third kappa shape index (κ3) is 4.55. The number of benzene rings is 1. The Morgan fingerprint density at radius 1 is 1.18 bits per heavy atom. The lowest BCUT2D eigenvalue weighted by atomic mass is 10.1. The van der Waals surface area contributed by atoms with E-state index in [1.54, 1.807) is 4.90 Å². The fraction of sp³-hybridized carbons (Fsp3) is 0.476. The van der Waals surface area contributed by atoms with Gasteiger partial charge in [0.15, 0.2) is 10.9 Å². The smallest absolute Gasteiger partial charge is 0.415 e. The molecule has 0 atom stereocenters. The number of aromatic nitrogens is 2. The summed E-state index contributed by atoms with van der Waals surface area (Å²) in [4.78, 5) is 14.4. The van der Waals surface area contributed by atoms with Gasteiger partial charge < -0.3 is 14.4 Å². The SMILES string of the molecule is Cc1cccc(C2CC2)c1Oc1nnc(Cl)cc1OC(=O)N(C(C)C)C(C)C.